The molecule has 0 radical (unpaired) electrons. The van der Waals surface area contributed by atoms with Crippen molar-refractivity contribution in [2.24, 2.45) is 5.92 Å². The summed E-state index contributed by atoms with van der Waals surface area (Å²) >= 11 is 0. The second-order valence-electron chi connectivity index (χ2n) is 11.8. The highest BCUT2D eigenvalue weighted by Crippen LogP contribution is 2.34. The fraction of sp³-hybridized carbons (Fsp3) is 0.545. The molecule has 1 saturated carbocycles. The number of Topliss-reactive ketones (excluding diaryl/α,β-unsaturated/α-hetero) is 1. The molecule has 0 bridgehead atoms. The number of likely N-dealkylation sites (tertiary alicyclic amines) is 1. The maximum atomic E-state index is 13.9. The summed E-state index contributed by atoms with van der Waals surface area (Å²) in [6, 6.07) is 9.25. The summed E-state index contributed by atoms with van der Waals surface area (Å²) in [6.45, 7) is 3.89. The number of hydrogen-bond acceptors (Lipinski definition) is 4. The average molecular weight is 568 g/mol. The van der Waals surface area contributed by atoms with Gasteiger partial charge in [0.2, 0.25) is 5.91 Å². The number of piperidine rings is 1. The normalized spacial score (nSPS) is 20.6. The average Bonchev–Trinajstić information content (AvgIpc) is 3.00. The maximum Gasteiger partial charge on any atom is 0.254 e. The van der Waals surface area contributed by atoms with Gasteiger partial charge in [0.1, 0.15) is 11.6 Å². The summed E-state index contributed by atoms with van der Waals surface area (Å²) in [7, 11) is 0. The number of nitrogens with one attached hydrogen (secondary N) is 1. The van der Waals surface area contributed by atoms with E-state index in [9.17, 15) is 23.2 Å². The molecule has 222 valence electrons. The third kappa shape index (κ3) is 6.69. The van der Waals surface area contributed by atoms with Gasteiger partial charge in [0.15, 0.2) is 5.78 Å². The molecule has 3 aliphatic rings. The van der Waals surface area contributed by atoms with Crippen molar-refractivity contribution in [3.63, 3.8) is 0 Å². The number of benzene rings is 2. The largest absolute Gasteiger partial charge is 0.341 e. The van der Waals surface area contributed by atoms with Crippen molar-refractivity contribution >= 4 is 17.6 Å². The quantitative estimate of drug-likeness (QED) is 0.426. The van der Waals surface area contributed by atoms with Crippen molar-refractivity contribution in [2.45, 2.75) is 83.2 Å². The Morgan fingerprint density at radius 3 is 2.59 bits per heavy atom. The van der Waals surface area contributed by atoms with E-state index in [-0.39, 0.29) is 50.0 Å². The van der Waals surface area contributed by atoms with Crippen LogP contribution in [0.5, 0.6) is 0 Å². The van der Waals surface area contributed by atoms with Crippen LogP contribution in [0.25, 0.3) is 0 Å². The number of hydrogen-bond donors (Lipinski definition) is 1. The number of fused-ring (bicyclic) bond motifs is 1. The summed E-state index contributed by atoms with van der Waals surface area (Å²) in [5, 5.41) is 2.99. The van der Waals surface area contributed by atoms with Crippen molar-refractivity contribution in [1.82, 2.24) is 15.1 Å². The molecule has 1 saturated heterocycles. The van der Waals surface area contributed by atoms with Gasteiger partial charge < -0.3 is 15.1 Å². The van der Waals surface area contributed by atoms with Crippen molar-refractivity contribution in [3.8, 4) is 0 Å². The van der Waals surface area contributed by atoms with E-state index in [0.717, 1.165) is 62.1 Å². The summed E-state index contributed by atoms with van der Waals surface area (Å²) < 4.78 is 27.1. The van der Waals surface area contributed by atoms with Crippen LogP contribution in [0.3, 0.4) is 0 Å². The number of ketones is 1. The van der Waals surface area contributed by atoms with Gasteiger partial charge in [-0.05, 0) is 61.3 Å². The summed E-state index contributed by atoms with van der Waals surface area (Å²) in [6.07, 6.45) is 8.43. The van der Waals surface area contributed by atoms with E-state index < -0.39 is 11.6 Å². The number of nitrogens with zero attached hydrogens (tertiary/aromatic N) is 2. The van der Waals surface area contributed by atoms with Gasteiger partial charge in [0.05, 0.1) is 12.6 Å². The number of amides is 2. The molecule has 8 heteroatoms. The van der Waals surface area contributed by atoms with Crippen LogP contribution in [-0.4, -0.2) is 59.6 Å². The Morgan fingerprint density at radius 1 is 1.02 bits per heavy atom. The van der Waals surface area contributed by atoms with Gasteiger partial charge >= 0.3 is 0 Å². The summed E-state index contributed by atoms with van der Waals surface area (Å²) in [4.78, 5) is 43.6. The lowest BCUT2D eigenvalue weighted by Crippen LogP contribution is -2.52. The fourth-order valence-corrected chi connectivity index (χ4v) is 6.93. The first-order chi connectivity index (χ1) is 19.9. The highest BCUT2D eigenvalue weighted by molar-refractivity contribution is 6.00. The molecule has 1 N–H and O–H groups in total. The van der Waals surface area contributed by atoms with Gasteiger partial charge in [-0.3, -0.25) is 14.4 Å². The number of carbonyl (C=O) groups is 3. The first-order valence-corrected chi connectivity index (χ1v) is 15.2. The van der Waals surface area contributed by atoms with Gasteiger partial charge in [-0.2, -0.15) is 0 Å². The minimum Gasteiger partial charge on any atom is -0.341 e. The van der Waals surface area contributed by atoms with Gasteiger partial charge in [-0.15, -0.1) is 0 Å². The molecule has 2 atom stereocenters. The van der Waals surface area contributed by atoms with Crippen LogP contribution in [0, 0.1) is 17.6 Å². The predicted molar refractivity (Wildman–Crippen MR) is 156 cm³/mol. The molecule has 2 aliphatic heterocycles. The Kier molecular flexibility index (Phi) is 9.48. The van der Waals surface area contributed by atoms with Crippen LogP contribution in [0.2, 0.25) is 0 Å². The molecule has 6 nitrogen and oxygen atoms in total. The smallest absolute Gasteiger partial charge is 0.254 e. The minimum atomic E-state index is -0.632. The lowest BCUT2D eigenvalue weighted by atomic mass is 9.79. The highest BCUT2D eigenvalue weighted by Gasteiger charge is 2.39. The standard InChI is InChI=1S/C33H41F2N3O3.H2/c1-2-30(39)32(23-7-4-3-5-8-23)38-16-14-22-10-11-24(17-28(22)33(38)41)26-9-6-15-37(21-26)31(40)20-36-19-25-12-13-27(34)18-29(25)35;/h10-13,17-18,23,26,32,36H,2-9,14-16,19-21H2,1H3;1H/t26?,32-;/m1./s1. The van der Waals surface area contributed by atoms with Crippen molar-refractivity contribution in [3.05, 3.63) is 70.3 Å². The van der Waals surface area contributed by atoms with E-state index >= 15 is 0 Å². The molecular weight excluding hydrogens is 524 g/mol. The molecule has 2 heterocycles. The predicted octanol–water partition coefficient (Wildman–Crippen LogP) is 5.63. The van der Waals surface area contributed by atoms with Crippen LogP contribution < -0.4 is 5.32 Å². The Morgan fingerprint density at radius 2 is 1.83 bits per heavy atom. The van der Waals surface area contributed by atoms with E-state index in [2.05, 4.69) is 17.4 Å². The van der Waals surface area contributed by atoms with E-state index in [1.807, 2.05) is 22.8 Å². The number of rotatable bonds is 9. The Labute approximate surface area is 243 Å². The van der Waals surface area contributed by atoms with Gasteiger partial charge in [0, 0.05) is 57.1 Å². The number of carbonyl (C=O) groups excluding carboxylic acids is 3. The molecule has 2 aromatic rings. The SMILES string of the molecule is CCC(=O)[C@@H](C1CCCCC1)N1CCc2ccc(C3CCCN(C(=O)CNCc4ccc(F)cc4F)C3)cc2C1=O.[HH]. The molecule has 1 aliphatic carbocycles. The zero-order valence-electron chi connectivity index (χ0n) is 24.0. The van der Waals surface area contributed by atoms with E-state index in [0.29, 0.717) is 37.2 Å². The van der Waals surface area contributed by atoms with Crippen molar-refractivity contribution in [2.75, 3.05) is 26.2 Å². The zero-order chi connectivity index (χ0) is 28.9. The third-order valence-electron chi connectivity index (χ3n) is 9.21. The lowest BCUT2D eigenvalue weighted by molar-refractivity contribution is -0.131. The van der Waals surface area contributed by atoms with Crippen LogP contribution in [0.1, 0.15) is 92.7 Å². The second-order valence-corrected chi connectivity index (χ2v) is 11.8. The molecule has 2 fully saturated rings. The maximum absolute atomic E-state index is 13.9. The van der Waals surface area contributed by atoms with Crippen LogP contribution in [0.4, 0.5) is 8.78 Å². The van der Waals surface area contributed by atoms with Crippen molar-refractivity contribution < 1.29 is 24.6 Å². The second kappa shape index (κ2) is 13.2. The zero-order valence-corrected chi connectivity index (χ0v) is 24.0. The van der Waals surface area contributed by atoms with Gasteiger partial charge in [-0.25, -0.2) is 8.78 Å². The minimum absolute atomic E-state index is 0. The molecule has 0 spiro atoms. The fourth-order valence-electron chi connectivity index (χ4n) is 6.93. The lowest BCUT2D eigenvalue weighted by Gasteiger charge is -2.40. The molecule has 2 amide bonds. The number of halogens is 2. The monoisotopic (exact) mass is 567 g/mol. The van der Waals surface area contributed by atoms with E-state index in [4.69, 9.17) is 0 Å². The summed E-state index contributed by atoms with van der Waals surface area (Å²) in [5.41, 5.74) is 3.09. The molecule has 5 rings (SSSR count). The topological polar surface area (TPSA) is 69.7 Å². The Balaban J connectivity index is 0.00000405. The van der Waals surface area contributed by atoms with E-state index in [1.54, 1.807) is 0 Å². The van der Waals surface area contributed by atoms with E-state index in [1.165, 1.54) is 18.6 Å². The Bertz CT molecular complexity index is 1280. The Hall–Kier alpha value is -3.13. The first-order valence-electron chi connectivity index (χ1n) is 15.2. The molecule has 0 aromatic heterocycles. The van der Waals surface area contributed by atoms with Crippen LogP contribution >= 0.6 is 0 Å². The molecule has 1 unspecified atom stereocenters. The van der Waals surface area contributed by atoms with Gasteiger partial charge in [0.25, 0.3) is 5.91 Å². The highest BCUT2D eigenvalue weighted by atomic mass is 19.1. The van der Waals surface area contributed by atoms with Crippen LogP contribution in [-0.2, 0) is 22.6 Å². The third-order valence-corrected chi connectivity index (χ3v) is 9.21. The van der Waals surface area contributed by atoms with Crippen LogP contribution in [0.15, 0.2) is 36.4 Å². The van der Waals surface area contributed by atoms with Gasteiger partial charge in [-0.1, -0.05) is 44.4 Å². The molecular formula is C33H43F2N3O3. The van der Waals surface area contributed by atoms with Crippen molar-refractivity contribution in [1.29, 1.82) is 0 Å². The summed E-state index contributed by atoms with van der Waals surface area (Å²) in [5.74, 6) is -0.832. The molecule has 41 heavy (non-hydrogen) atoms. The molecule has 2 aromatic carbocycles. The first kappa shape index (κ1) is 29.4.